The third-order valence-corrected chi connectivity index (χ3v) is 4.46. The van der Waals surface area contributed by atoms with Gasteiger partial charge in [-0.15, -0.1) is 0 Å². The SMILES string of the molecule is CCNC(=O)c1ccc(N/C(COc2ccc(F)cc2)=C(\N)C(=O)NC2CC2)cc1. The van der Waals surface area contributed by atoms with Gasteiger partial charge in [-0.1, -0.05) is 0 Å². The summed E-state index contributed by atoms with van der Waals surface area (Å²) in [5, 5.41) is 8.67. The highest BCUT2D eigenvalue weighted by atomic mass is 19.1. The van der Waals surface area contributed by atoms with Gasteiger partial charge in [0.15, 0.2) is 0 Å². The van der Waals surface area contributed by atoms with E-state index in [4.69, 9.17) is 10.5 Å². The van der Waals surface area contributed by atoms with Crippen molar-refractivity contribution in [1.29, 1.82) is 0 Å². The number of amides is 2. The van der Waals surface area contributed by atoms with Crippen LogP contribution in [0, 0.1) is 5.82 Å². The van der Waals surface area contributed by atoms with Crippen LogP contribution in [0.4, 0.5) is 10.1 Å². The fourth-order valence-corrected chi connectivity index (χ4v) is 2.64. The fraction of sp³-hybridized carbons (Fsp3) is 0.273. The Labute approximate surface area is 174 Å². The third-order valence-electron chi connectivity index (χ3n) is 4.46. The summed E-state index contributed by atoms with van der Waals surface area (Å²) in [6.45, 7) is 2.37. The Kier molecular flexibility index (Phi) is 6.90. The molecule has 0 heterocycles. The highest BCUT2D eigenvalue weighted by Crippen LogP contribution is 2.20. The summed E-state index contributed by atoms with van der Waals surface area (Å²) < 4.78 is 18.8. The topological polar surface area (TPSA) is 105 Å². The summed E-state index contributed by atoms with van der Waals surface area (Å²) >= 11 is 0. The van der Waals surface area contributed by atoms with Crippen molar-refractivity contribution in [3.8, 4) is 5.75 Å². The van der Waals surface area contributed by atoms with Crippen molar-refractivity contribution in [2.45, 2.75) is 25.8 Å². The molecule has 0 saturated heterocycles. The van der Waals surface area contributed by atoms with E-state index in [1.165, 1.54) is 24.3 Å². The van der Waals surface area contributed by atoms with Gasteiger partial charge in [-0.25, -0.2) is 4.39 Å². The number of halogens is 1. The molecule has 158 valence electrons. The lowest BCUT2D eigenvalue weighted by Crippen LogP contribution is -2.33. The zero-order chi connectivity index (χ0) is 21.5. The Bertz CT molecular complexity index is 922. The van der Waals surface area contributed by atoms with Gasteiger partial charge in [-0.05, 0) is 68.3 Å². The zero-order valence-corrected chi connectivity index (χ0v) is 16.7. The maximum Gasteiger partial charge on any atom is 0.269 e. The zero-order valence-electron chi connectivity index (χ0n) is 16.7. The molecule has 0 aliphatic heterocycles. The number of hydrogen-bond acceptors (Lipinski definition) is 5. The van der Waals surface area contributed by atoms with Crippen LogP contribution in [-0.2, 0) is 4.79 Å². The van der Waals surface area contributed by atoms with Crippen molar-refractivity contribution in [3.05, 3.63) is 71.3 Å². The van der Waals surface area contributed by atoms with Gasteiger partial charge in [-0.3, -0.25) is 9.59 Å². The van der Waals surface area contributed by atoms with Crippen LogP contribution in [0.25, 0.3) is 0 Å². The Morgan fingerprint density at radius 1 is 1.10 bits per heavy atom. The number of benzene rings is 2. The van der Waals surface area contributed by atoms with Crippen LogP contribution in [0.3, 0.4) is 0 Å². The minimum absolute atomic E-state index is 0.0109. The monoisotopic (exact) mass is 412 g/mol. The Hall–Kier alpha value is -3.55. The van der Waals surface area contributed by atoms with Crippen LogP contribution < -0.4 is 26.4 Å². The number of nitrogens with one attached hydrogen (secondary N) is 3. The van der Waals surface area contributed by atoms with E-state index >= 15 is 0 Å². The smallest absolute Gasteiger partial charge is 0.269 e. The van der Waals surface area contributed by atoms with Crippen molar-refractivity contribution >= 4 is 17.5 Å². The molecule has 3 rings (SSSR count). The van der Waals surface area contributed by atoms with Crippen LogP contribution in [0.1, 0.15) is 30.1 Å². The summed E-state index contributed by atoms with van der Waals surface area (Å²) in [6.07, 6.45) is 1.88. The van der Waals surface area contributed by atoms with Gasteiger partial charge in [0.05, 0.1) is 5.70 Å². The number of anilines is 1. The lowest BCUT2D eigenvalue weighted by atomic mass is 10.2. The van der Waals surface area contributed by atoms with Gasteiger partial charge in [0.2, 0.25) is 0 Å². The molecular weight excluding hydrogens is 387 g/mol. The number of carbonyl (C=O) groups excluding carboxylic acids is 2. The average Bonchev–Trinajstić information content (AvgIpc) is 3.56. The fourth-order valence-electron chi connectivity index (χ4n) is 2.64. The summed E-state index contributed by atoms with van der Waals surface area (Å²) in [5.41, 5.74) is 7.63. The standard InChI is InChI=1S/C22H25FN4O3/c1-2-25-21(28)14-3-7-16(8-4-14)26-19(20(24)22(29)27-17-9-10-17)13-30-18-11-5-15(23)6-12-18/h3-8,11-12,17,26H,2,9-10,13,24H2,1H3,(H,25,28)(H,27,29)/b20-19-. The van der Waals surface area contributed by atoms with E-state index in [9.17, 15) is 14.0 Å². The van der Waals surface area contributed by atoms with Crippen molar-refractivity contribution < 1.29 is 18.7 Å². The molecule has 8 heteroatoms. The molecule has 0 aromatic heterocycles. The van der Waals surface area contributed by atoms with Crippen LogP contribution in [0.5, 0.6) is 5.75 Å². The molecule has 0 radical (unpaired) electrons. The molecule has 1 fully saturated rings. The number of hydrogen-bond donors (Lipinski definition) is 4. The van der Waals surface area contributed by atoms with E-state index in [-0.39, 0.29) is 36.0 Å². The van der Waals surface area contributed by atoms with Crippen molar-refractivity contribution in [3.63, 3.8) is 0 Å². The Morgan fingerprint density at radius 3 is 2.37 bits per heavy atom. The molecule has 7 nitrogen and oxygen atoms in total. The van der Waals surface area contributed by atoms with E-state index in [1.54, 1.807) is 24.3 Å². The molecule has 5 N–H and O–H groups in total. The molecule has 0 atom stereocenters. The van der Waals surface area contributed by atoms with E-state index < -0.39 is 0 Å². The first-order chi connectivity index (χ1) is 14.5. The Balaban J connectivity index is 1.75. The molecule has 30 heavy (non-hydrogen) atoms. The second kappa shape index (κ2) is 9.78. The maximum atomic E-state index is 13.1. The van der Waals surface area contributed by atoms with E-state index in [1.807, 2.05) is 6.92 Å². The quantitative estimate of drug-likeness (QED) is 0.474. The Morgan fingerprint density at radius 2 is 1.77 bits per heavy atom. The highest BCUT2D eigenvalue weighted by molar-refractivity contribution is 5.95. The van der Waals surface area contributed by atoms with E-state index in [2.05, 4.69) is 16.0 Å². The van der Waals surface area contributed by atoms with Crippen molar-refractivity contribution in [1.82, 2.24) is 10.6 Å². The predicted octanol–water partition coefficient (Wildman–Crippen LogP) is 2.52. The highest BCUT2D eigenvalue weighted by Gasteiger charge is 2.25. The molecule has 2 aromatic rings. The van der Waals surface area contributed by atoms with Gasteiger partial charge >= 0.3 is 0 Å². The first-order valence-electron chi connectivity index (χ1n) is 9.79. The van der Waals surface area contributed by atoms with Gasteiger partial charge in [0, 0.05) is 23.8 Å². The number of nitrogens with two attached hydrogens (primary N) is 1. The average molecular weight is 412 g/mol. The van der Waals surface area contributed by atoms with Crippen LogP contribution >= 0.6 is 0 Å². The summed E-state index contributed by atoms with van der Waals surface area (Å²) in [4.78, 5) is 24.3. The van der Waals surface area contributed by atoms with Gasteiger partial charge in [0.25, 0.3) is 11.8 Å². The molecule has 1 saturated carbocycles. The van der Waals surface area contributed by atoms with Crippen LogP contribution in [-0.4, -0.2) is 31.0 Å². The lowest BCUT2D eigenvalue weighted by molar-refractivity contribution is -0.117. The minimum atomic E-state index is -0.373. The van der Waals surface area contributed by atoms with Crippen LogP contribution in [0.2, 0.25) is 0 Å². The van der Waals surface area contributed by atoms with Crippen molar-refractivity contribution in [2.75, 3.05) is 18.5 Å². The normalized spacial score (nSPS) is 13.8. The second-order valence-corrected chi connectivity index (χ2v) is 6.94. The molecule has 1 aliphatic carbocycles. The van der Waals surface area contributed by atoms with E-state index in [0.717, 1.165) is 12.8 Å². The molecular formula is C22H25FN4O3. The van der Waals surface area contributed by atoms with Gasteiger partial charge in [-0.2, -0.15) is 0 Å². The second-order valence-electron chi connectivity index (χ2n) is 6.94. The van der Waals surface area contributed by atoms with Gasteiger partial charge < -0.3 is 26.4 Å². The van der Waals surface area contributed by atoms with Crippen LogP contribution in [0.15, 0.2) is 59.9 Å². The molecule has 0 bridgehead atoms. The minimum Gasteiger partial charge on any atom is -0.487 e. The number of rotatable bonds is 9. The number of ether oxygens (including phenoxy) is 1. The first-order valence-corrected chi connectivity index (χ1v) is 9.79. The number of carbonyl (C=O) groups is 2. The maximum absolute atomic E-state index is 13.1. The molecule has 0 spiro atoms. The predicted molar refractivity (Wildman–Crippen MR) is 112 cm³/mol. The third kappa shape index (κ3) is 5.97. The summed E-state index contributed by atoms with van der Waals surface area (Å²) in [7, 11) is 0. The van der Waals surface area contributed by atoms with Gasteiger partial charge in [0.1, 0.15) is 23.9 Å². The summed E-state index contributed by atoms with van der Waals surface area (Å²) in [5.74, 6) is -0.464. The van der Waals surface area contributed by atoms with E-state index in [0.29, 0.717) is 29.2 Å². The summed E-state index contributed by atoms with van der Waals surface area (Å²) in [6, 6.07) is 12.5. The molecule has 2 amide bonds. The van der Waals surface area contributed by atoms with Crippen molar-refractivity contribution in [2.24, 2.45) is 5.73 Å². The molecule has 0 unspecified atom stereocenters. The largest absolute Gasteiger partial charge is 0.487 e. The molecule has 2 aromatic carbocycles. The first kappa shape index (κ1) is 21.2. The molecule has 1 aliphatic rings. The lowest BCUT2D eigenvalue weighted by Gasteiger charge is -2.16.